The van der Waals surface area contributed by atoms with Crippen LogP contribution in [0.3, 0.4) is 0 Å². The summed E-state index contributed by atoms with van der Waals surface area (Å²) < 4.78 is 47.3. The summed E-state index contributed by atoms with van der Waals surface area (Å²) in [6.07, 6.45) is 1.79. The number of carbonyl (C=O) groups excluding carboxylic acids is 2. The van der Waals surface area contributed by atoms with Crippen molar-refractivity contribution in [1.29, 1.82) is 0 Å². The number of nitrogens with zero attached hydrogens (tertiary/aromatic N) is 1. The van der Waals surface area contributed by atoms with E-state index in [4.69, 9.17) is 4.74 Å². The highest BCUT2D eigenvalue weighted by Crippen LogP contribution is 2.43. The molecule has 2 heterocycles. The van der Waals surface area contributed by atoms with Gasteiger partial charge in [-0.2, -0.15) is 0 Å². The molecular formula is C26H24FN3O5S. The van der Waals surface area contributed by atoms with Crippen molar-refractivity contribution >= 4 is 33.2 Å². The van der Waals surface area contributed by atoms with Crippen molar-refractivity contribution in [2.45, 2.75) is 23.8 Å². The number of rotatable bonds is 6. The summed E-state index contributed by atoms with van der Waals surface area (Å²) in [5.41, 5.74) is 1.45. The molecule has 0 radical (unpaired) electrons. The van der Waals surface area contributed by atoms with E-state index in [-0.39, 0.29) is 33.8 Å². The third kappa shape index (κ3) is 4.57. The van der Waals surface area contributed by atoms with Gasteiger partial charge in [0.05, 0.1) is 27.9 Å². The third-order valence-corrected chi connectivity index (χ3v) is 8.04. The van der Waals surface area contributed by atoms with Crippen LogP contribution in [-0.4, -0.2) is 46.0 Å². The Bertz CT molecular complexity index is 1440. The van der Waals surface area contributed by atoms with Gasteiger partial charge in [-0.05, 0) is 49.2 Å². The van der Waals surface area contributed by atoms with Gasteiger partial charge >= 0.3 is 0 Å². The average molecular weight is 510 g/mol. The van der Waals surface area contributed by atoms with Gasteiger partial charge in [-0.25, -0.2) is 12.8 Å². The van der Waals surface area contributed by atoms with E-state index in [9.17, 15) is 22.4 Å². The summed E-state index contributed by atoms with van der Waals surface area (Å²) in [6, 6.07) is 16.5. The van der Waals surface area contributed by atoms with E-state index in [0.29, 0.717) is 24.3 Å². The molecule has 0 bridgehead atoms. The Morgan fingerprint density at radius 1 is 1.03 bits per heavy atom. The maximum absolute atomic E-state index is 14.0. The molecule has 36 heavy (non-hydrogen) atoms. The summed E-state index contributed by atoms with van der Waals surface area (Å²) in [6.45, 7) is 0.480. The van der Waals surface area contributed by atoms with Gasteiger partial charge in [0.25, 0.3) is 15.9 Å². The molecule has 1 atom stereocenters. The zero-order valence-electron chi connectivity index (χ0n) is 19.2. The first-order valence-electron chi connectivity index (χ1n) is 11.5. The molecule has 5 rings (SSSR count). The number of hydrogen-bond acceptors (Lipinski definition) is 5. The lowest BCUT2D eigenvalue weighted by Gasteiger charge is -2.31. The predicted molar refractivity (Wildman–Crippen MR) is 133 cm³/mol. The van der Waals surface area contributed by atoms with Gasteiger partial charge in [-0.1, -0.05) is 30.3 Å². The summed E-state index contributed by atoms with van der Waals surface area (Å²) in [5.74, 6) is -1.54. The third-order valence-electron chi connectivity index (χ3n) is 6.22. The van der Waals surface area contributed by atoms with Crippen LogP contribution in [0.4, 0.5) is 15.8 Å². The number of fused-ring (bicyclic) bond motifs is 3. The molecule has 0 aromatic heterocycles. The number of halogens is 1. The van der Waals surface area contributed by atoms with Crippen molar-refractivity contribution in [1.82, 2.24) is 5.32 Å². The second-order valence-corrected chi connectivity index (χ2v) is 10.4. The molecule has 0 unspecified atom stereocenters. The summed E-state index contributed by atoms with van der Waals surface area (Å²) in [7, 11) is -4.08. The Hall–Kier alpha value is -3.76. The highest BCUT2D eigenvalue weighted by atomic mass is 32.2. The van der Waals surface area contributed by atoms with Crippen LogP contribution in [0, 0.1) is 5.82 Å². The minimum atomic E-state index is -4.08. The maximum atomic E-state index is 14.0. The molecule has 2 N–H and O–H groups in total. The van der Waals surface area contributed by atoms with Crippen LogP contribution in [0.2, 0.25) is 0 Å². The second kappa shape index (κ2) is 9.71. The Morgan fingerprint density at radius 3 is 2.61 bits per heavy atom. The van der Waals surface area contributed by atoms with Gasteiger partial charge in [0, 0.05) is 24.3 Å². The van der Waals surface area contributed by atoms with Crippen molar-refractivity contribution in [3.8, 4) is 11.1 Å². The van der Waals surface area contributed by atoms with Crippen LogP contribution >= 0.6 is 0 Å². The smallest absolute Gasteiger partial charge is 0.265 e. The van der Waals surface area contributed by atoms with E-state index >= 15 is 0 Å². The van der Waals surface area contributed by atoms with E-state index in [1.54, 1.807) is 42.5 Å². The minimum absolute atomic E-state index is 0.00944. The Kier molecular flexibility index (Phi) is 6.46. The van der Waals surface area contributed by atoms with Crippen LogP contribution in [0.15, 0.2) is 71.6 Å². The lowest BCUT2D eigenvalue weighted by molar-refractivity contribution is -0.114. The van der Waals surface area contributed by atoms with Crippen molar-refractivity contribution in [2.75, 3.05) is 29.3 Å². The molecule has 0 aliphatic carbocycles. The number of amides is 2. The molecule has 1 saturated heterocycles. The van der Waals surface area contributed by atoms with Gasteiger partial charge in [-0.15, -0.1) is 0 Å². The van der Waals surface area contributed by atoms with Crippen molar-refractivity contribution < 1.29 is 27.1 Å². The molecule has 8 nitrogen and oxygen atoms in total. The van der Waals surface area contributed by atoms with Gasteiger partial charge in [0.1, 0.15) is 12.4 Å². The Morgan fingerprint density at radius 2 is 1.81 bits per heavy atom. The lowest BCUT2D eigenvalue weighted by atomic mass is 10.0. The molecule has 0 saturated carbocycles. The van der Waals surface area contributed by atoms with Gasteiger partial charge in [0.2, 0.25) is 5.91 Å². The highest BCUT2D eigenvalue weighted by molar-refractivity contribution is 7.93. The van der Waals surface area contributed by atoms with Crippen LogP contribution in [-0.2, 0) is 19.6 Å². The van der Waals surface area contributed by atoms with E-state index < -0.39 is 28.3 Å². The zero-order chi connectivity index (χ0) is 25.3. The van der Waals surface area contributed by atoms with Crippen LogP contribution in [0.25, 0.3) is 11.1 Å². The van der Waals surface area contributed by atoms with E-state index in [1.165, 1.54) is 18.2 Å². The molecule has 2 aliphatic heterocycles. The average Bonchev–Trinajstić information content (AvgIpc) is 3.39. The molecule has 2 amide bonds. The van der Waals surface area contributed by atoms with Crippen molar-refractivity contribution in [3.63, 3.8) is 0 Å². The maximum Gasteiger partial charge on any atom is 0.265 e. The second-order valence-electron chi connectivity index (χ2n) is 8.61. The number of para-hydroxylation sites is 1. The largest absolute Gasteiger partial charge is 0.376 e. The zero-order valence-corrected chi connectivity index (χ0v) is 20.1. The number of anilines is 2. The standard InChI is InChI=1S/C26H24FN3O5S/c27-17-11-12-23-21(14-17)19-7-2-4-10-24(19)36(33,34)30(23)16-25(31)29-22-9-3-1-8-20(22)26(32)28-15-18-6-5-13-35-18/h1-4,7-12,14,18H,5-6,13,15-16H2,(H,28,32)(H,29,31)/t18-/m0/s1. The molecule has 2 aliphatic rings. The highest BCUT2D eigenvalue weighted by Gasteiger charge is 2.36. The summed E-state index contributed by atoms with van der Waals surface area (Å²) >= 11 is 0. The quantitative estimate of drug-likeness (QED) is 0.529. The number of hydrogen-bond donors (Lipinski definition) is 2. The normalized spacial score (nSPS) is 17.7. The SMILES string of the molecule is O=C(CN1c2ccc(F)cc2-c2ccccc2S1(=O)=O)Nc1ccccc1C(=O)NC[C@@H]1CCCO1. The van der Waals surface area contributed by atoms with Gasteiger partial charge in [-0.3, -0.25) is 13.9 Å². The molecule has 10 heteroatoms. The van der Waals surface area contributed by atoms with Crippen molar-refractivity contribution in [3.05, 3.63) is 78.1 Å². The van der Waals surface area contributed by atoms with Gasteiger partial charge in [0.15, 0.2) is 0 Å². The minimum Gasteiger partial charge on any atom is -0.376 e. The topological polar surface area (TPSA) is 105 Å². The van der Waals surface area contributed by atoms with E-state index in [0.717, 1.165) is 23.2 Å². The molecule has 3 aromatic rings. The molecule has 0 spiro atoms. The van der Waals surface area contributed by atoms with Crippen LogP contribution in [0.5, 0.6) is 0 Å². The molecule has 1 fully saturated rings. The van der Waals surface area contributed by atoms with E-state index in [1.807, 2.05) is 0 Å². The number of benzene rings is 3. The Labute approximate surface area is 208 Å². The van der Waals surface area contributed by atoms with Crippen molar-refractivity contribution in [2.24, 2.45) is 0 Å². The number of nitrogens with one attached hydrogen (secondary N) is 2. The monoisotopic (exact) mass is 509 g/mol. The first-order valence-corrected chi connectivity index (χ1v) is 13.0. The number of sulfonamides is 1. The first-order chi connectivity index (χ1) is 17.3. The van der Waals surface area contributed by atoms with Crippen LogP contribution in [0.1, 0.15) is 23.2 Å². The molecule has 3 aromatic carbocycles. The summed E-state index contributed by atoms with van der Waals surface area (Å²) in [5, 5.41) is 5.48. The number of ether oxygens (including phenoxy) is 1. The van der Waals surface area contributed by atoms with E-state index in [2.05, 4.69) is 10.6 Å². The molecule has 186 valence electrons. The van der Waals surface area contributed by atoms with Gasteiger partial charge < -0.3 is 15.4 Å². The fourth-order valence-electron chi connectivity index (χ4n) is 4.49. The number of carbonyl (C=O) groups is 2. The summed E-state index contributed by atoms with van der Waals surface area (Å²) in [4.78, 5) is 25.8. The Balaban J connectivity index is 1.38. The lowest BCUT2D eigenvalue weighted by Crippen LogP contribution is -2.40. The predicted octanol–water partition coefficient (Wildman–Crippen LogP) is 3.55. The fraction of sp³-hybridized carbons (Fsp3) is 0.231. The van der Waals surface area contributed by atoms with Crippen LogP contribution < -0.4 is 14.9 Å². The molecular weight excluding hydrogens is 485 g/mol. The fourth-order valence-corrected chi connectivity index (χ4v) is 6.14. The first kappa shape index (κ1) is 24.0.